The molecule has 1 heterocycles. The fourth-order valence-electron chi connectivity index (χ4n) is 6.90. The number of unbranched alkanes of at least 4 members (excludes halogenated alkanes) is 4. The second-order valence-electron chi connectivity index (χ2n) is 13.1. The van der Waals surface area contributed by atoms with Gasteiger partial charge >= 0.3 is 29.8 Å². The lowest BCUT2D eigenvalue weighted by Gasteiger charge is -2.41. The Labute approximate surface area is 270 Å². The molecule has 12 heteroatoms. The van der Waals surface area contributed by atoms with Crippen LogP contribution in [0, 0.1) is 5.92 Å². The third kappa shape index (κ3) is 7.02. The van der Waals surface area contributed by atoms with Gasteiger partial charge in [-0.3, -0.25) is 14.4 Å². The quantitative estimate of drug-likeness (QED) is 0.0969. The van der Waals surface area contributed by atoms with Crippen molar-refractivity contribution in [2.24, 2.45) is 5.92 Å². The van der Waals surface area contributed by atoms with Crippen LogP contribution in [0.2, 0.25) is 0 Å². The molecule has 0 spiro atoms. The van der Waals surface area contributed by atoms with Gasteiger partial charge in [0.1, 0.15) is 11.7 Å². The van der Waals surface area contributed by atoms with Crippen LogP contribution in [0.4, 0.5) is 0 Å². The molecule has 2 N–H and O–H groups in total. The summed E-state index contributed by atoms with van der Waals surface area (Å²) in [5.74, 6) is -5.03. The van der Waals surface area contributed by atoms with Crippen molar-refractivity contribution in [3.8, 4) is 0 Å². The summed E-state index contributed by atoms with van der Waals surface area (Å²) in [4.78, 5) is 65.1. The lowest BCUT2D eigenvalue weighted by atomic mass is 9.75. The van der Waals surface area contributed by atoms with Crippen LogP contribution in [0.3, 0.4) is 0 Å². The minimum absolute atomic E-state index is 0.0234. The van der Waals surface area contributed by atoms with E-state index in [-0.39, 0.29) is 29.6 Å². The number of rotatable bonds is 13. The predicted molar refractivity (Wildman–Crippen MR) is 164 cm³/mol. The summed E-state index contributed by atoms with van der Waals surface area (Å²) in [6.07, 6.45) is 0.272. The summed E-state index contributed by atoms with van der Waals surface area (Å²) >= 11 is 0. The van der Waals surface area contributed by atoms with Gasteiger partial charge in [0.15, 0.2) is 29.5 Å². The topological polar surface area (TPSA) is 172 Å². The van der Waals surface area contributed by atoms with Crippen molar-refractivity contribution in [1.29, 1.82) is 0 Å². The number of aliphatic hydroxyl groups is 2. The van der Waals surface area contributed by atoms with E-state index in [2.05, 4.69) is 6.92 Å². The van der Waals surface area contributed by atoms with Crippen molar-refractivity contribution < 1.29 is 57.9 Å². The Morgan fingerprint density at radius 2 is 1.57 bits per heavy atom. The summed E-state index contributed by atoms with van der Waals surface area (Å²) in [5, 5.41) is 23.9. The molecular formula is C34H50O12. The lowest BCUT2D eigenvalue weighted by molar-refractivity contribution is -0.212. The van der Waals surface area contributed by atoms with Crippen LogP contribution < -0.4 is 0 Å². The van der Waals surface area contributed by atoms with Crippen LogP contribution in [0.15, 0.2) is 22.8 Å². The summed E-state index contributed by atoms with van der Waals surface area (Å²) in [5.41, 5.74) is -6.12. The number of allylic oxidation sites excluding steroid dienone is 1. The summed E-state index contributed by atoms with van der Waals surface area (Å²) in [6, 6.07) is 0. The minimum atomic E-state index is -2.57. The molecule has 3 aliphatic rings. The first-order chi connectivity index (χ1) is 21.5. The number of carbonyl (C=O) groups excluding carboxylic acids is 5. The summed E-state index contributed by atoms with van der Waals surface area (Å²) in [6.45, 7) is 12.4. The third-order valence-corrected chi connectivity index (χ3v) is 9.51. The summed E-state index contributed by atoms with van der Waals surface area (Å²) < 4.78 is 29.3. The average molecular weight is 651 g/mol. The van der Waals surface area contributed by atoms with E-state index < -0.39 is 83.4 Å². The van der Waals surface area contributed by atoms with Gasteiger partial charge in [-0.2, -0.15) is 0 Å². The van der Waals surface area contributed by atoms with E-state index in [1.807, 2.05) is 0 Å². The molecule has 0 bridgehead atoms. The van der Waals surface area contributed by atoms with Gasteiger partial charge in [0, 0.05) is 31.8 Å². The van der Waals surface area contributed by atoms with Crippen molar-refractivity contribution in [3.05, 3.63) is 22.8 Å². The first-order valence-corrected chi connectivity index (χ1v) is 16.3. The molecule has 46 heavy (non-hydrogen) atoms. The van der Waals surface area contributed by atoms with Gasteiger partial charge in [-0.05, 0) is 58.6 Å². The van der Waals surface area contributed by atoms with Gasteiger partial charge in [0.05, 0.1) is 5.92 Å². The molecule has 0 aromatic heterocycles. The second-order valence-corrected chi connectivity index (χ2v) is 13.1. The Bertz CT molecular complexity index is 1260. The molecule has 3 rings (SSSR count). The summed E-state index contributed by atoms with van der Waals surface area (Å²) in [7, 11) is 0. The Morgan fingerprint density at radius 3 is 2.15 bits per heavy atom. The van der Waals surface area contributed by atoms with Crippen molar-refractivity contribution in [1.82, 2.24) is 0 Å². The highest BCUT2D eigenvalue weighted by Gasteiger charge is 2.76. The highest BCUT2D eigenvalue weighted by molar-refractivity contribution is 5.88. The van der Waals surface area contributed by atoms with E-state index in [1.54, 1.807) is 33.8 Å². The minimum Gasteiger partial charge on any atom is -0.459 e. The SMILES string of the molecule is CC=C(C)C(=O)O[C@H]1C(C)=C2[C@@H]3OC(=O)[C@@](C)(O)[C@@]3(O)[C@@H](OC(=O)CCC)C[C@](C)(OC(C)=O)[C@@H]2[C@@H]1OC(=O)CCCCCCC. The van der Waals surface area contributed by atoms with E-state index >= 15 is 0 Å². The highest BCUT2D eigenvalue weighted by atomic mass is 16.6. The number of hydrogen-bond acceptors (Lipinski definition) is 12. The molecule has 0 amide bonds. The predicted octanol–water partition coefficient (Wildman–Crippen LogP) is 3.93. The van der Waals surface area contributed by atoms with Gasteiger partial charge in [-0.1, -0.05) is 45.6 Å². The van der Waals surface area contributed by atoms with Crippen molar-refractivity contribution in [3.63, 3.8) is 0 Å². The molecule has 0 unspecified atom stereocenters. The van der Waals surface area contributed by atoms with Gasteiger partial charge < -0.3 is 33.9 Å². The smallest absolute Gasteiger partial charge is 0.341 e. The Balaban J connectivity index is 2.23. The lowest BCUT2D eigenvalue weighted by Crippen LogP contribution is -2.64. The Kier molecular flexibility index (Phi) is 11.9. The Hall–Kier alpha value is -3.25. The number of carbonyl (C=O) groups is 5. The van der Waals surface area contributed by atoms with Gasteiger partial charge in [0.25, 0.3) is 0 Å². The Morgan fingerprint density at radius 1 is 0.935 bits per heavy atom. The molecule has 2 aliphatic carbocycles. The van der Waals surface area contributed by atoms with E-state index in [1.165, 1.54) is 13.8 Å². The largest absolute Gasteiger partial charge is 0.459 e. The van der Waals surface area contributed by atoms with Gasteiger partial charge in [-0.25, -0.2) is 9.59 Å². The molecule has 0 aromatic carbocycles. The number of esters is 5. The van der Waals surface area contributed by atoms with Crippen LogP contribution in [0.1, 0.15) is 113 Å². The number of ether oxygens (including phenoxy) is 5. The average Bonchev–Trinajstić information content (AvgIpc) is 3.30. The maximum Gasteiger partial charge on any atom is 0.341 e. The number of fused-ring (bicyclic) bond motifs is 3. The second kappa shape index (κ2) is 14.7. The first-order valence-electron chi connectivity index (χ1n) is 16.3. The van der Waals surface area contributed by atoms with E-state index in [0.29, 0.717) is 12.8 Å². The van der Waals surface area contributed by atoms with Gasteiger partial charge in [0.2, 0.25) is 0 Å². The molecule has 1 saturated heterocycles. The molecule has 0 radical (unpaired) electrons. The van der Waals surface area contributed by atoms with Crippen LogP contribution >= 0.6 is 0 Å². The van der Waals surface area contributed by atoms with Gasteiger partial charge in [-0.15, -0.1) is 0 Å². The van der Waals surface area contributed by atoms with E-state index in [4.69, 9.17) is 23.7 Å². The fourth-order valence-corrected chi connectivity index (χ4v) is 6.90. The third-order valence-electron chi connectivity index (χ3n) is 9.51. The molecular weight excluding hydrogens is 600 g/mol. The first kappa shape index (κ1) is 37.2. The highest BCUT2D eigenvalue weighted by Crippen LogP contribution is 2.57. The maximum absolute atomic E-state index is 13.3. The number of hydrogen-bond donors (Lipinski definition) is 2. The van der Waals surface area contributed by atoms with E-state index in [9.17, 15) is 34.2 Å². The molecule has 0 aromatic rings. The van der Waals surface area contributed by atoms with Crippen molar-refractivity contribution in [2.45, 2.75) is 154 Å². The molecule has 2 fully saturated rings. The van der Waals surface area contributed by atoms with Crippen LogP contribution in [-0.2, 0) is 47.7 Å². The zero-order chi connectivity index (χ0) is 34.6. The fraction of sp³-hybridized carbons (Fsp3) is 0.735. The zero-order valence-corrected chi connectivity index (χ0v) is 28.3. The van der Waals surface area contributed by atoms with Crippen molar-refractivity contribution >= 4 is 29.8 Å². The molecule has 8 atom stereocenters. The normalized spacial score (nSPS) is 33.8. The molecule has 1 aliphatic heterocycles. The zero-order valence-electron chi connectivity index (χ0n) is 28.3. The van der Waals surface area contributed by atoms with Crippen molar-refractivity contribution in [2.75, 3.05) is 0 Å². The molecule has 258 valence electrons. The van der Waals surface area contributed by atoms with Crippen LogP contribution in [0.5, 0.6) is 0 Å². The molecule has 1 saturated carbocycles. The van der Waals surface area contributed by atoms with Crippen LogP contribution in [0.25, 0.3) is 0 Å². The molecule has 12 nitrogen and oxygen atoms in total. The van der Waals surface area contributed by atoms with Crippen LogP contribution in [-0.4, -0.2) is 81.3 Å². The van der Waals surface area contributed by atoms with E-state index in [0.717, 1.165) is 32.6 Å². The monoisotopic (exact) mass is 650 g/mol. The maximum atomic E-state index is 13.3. The standard InChI is InChI=1S/C34H50O12/c1-9-12-13-14-15-17-24(37)43-28-26-25(20(5)27(28)44-30(38)19(4)11-3)29-34(41,33(8,40)31(39)45-29)22(42-23(36)16-10-2)18-32(26,7)46-21(6)35/h11,22,26-29,40-41H,9-10,12-18H2,1-8H3/t22-,26-,27-,28-,29-,32-,33+,34+/m0/s1.